The third kappa shape index (κ3) is 4.95. The molecule has 1 saturated heterocycles. The van der Waals surface area contributed by atoms with Crippen molar-refractivity contribution in [1.82, 2.24) is 10.3 Å². The van der Waals surface area contributed by atoms with E-state index in [4.69, 9.17) is 4.74 Å². The zero-order chi connectivity index (χ0) is 17.5. The van der Waals surface area contributed by atoms with Gasteiger partial charge in [-0.25, -0.2) is 9.82 Å². The van der Waals surface area contributed by atoms with Crippen LogP contribution < -0.4 is 5.43 Å². The van der Waals surface area contributed by atoms with Crippen LogP contribution in [0.2, 0.25) is 0 Å². The fourth-order valence-electron chi connectivity index (χ4n) is 2.58. The van der Waals surface area contributed by atoms with Crippen molar-refractivity contribution in [2.45, 2.75) is 6.54 Å². The number of hydrogen-bond acceptors (Lipinski definition) is 4. The number of amides is 1. The summed E-state index contributed by atoms with van der Waals surface area (Å²) in [5.41, 5.74) is 4.39. The number of hydrogen-bond donors (Lipinski definition) is 1. The lowest BCUT2D eigenvalue weighted by molar-refractivity contribution is 0.0342. The normalized spacial score (nSPS) is 15.4. The summed E-state index contributed by atoms with van der Waals surface area (Å²) in [6, 6.07) is 13.6. The van der Waals surface area contributed by atoms with E-state index < -0.39 is 0 Å². The van der Waals surface area contributed by atoms with E-state index in [9.17, 15) is 9.18 Å². The molecule has 0 unspecified atom stereocenters. The number of benzene rings is 2. The molecule has 1 aliphatic heterocycles. The SMILES string of the molecule is O=C(NN=Cc1ccccc1F)c1ccc(CN2CCOCC2)cc1. The van der Waals surface area contributed by atoms with Crippen molar-refractivity contribution in [2.24, 2.45) is 5.10 Å². The standard InChI is InChI=1S/C19H20FN3O2/c20-18-4-2-1-3-17(18)13-21-22-19(24)16-7-5-15(6-8-16)14-23-9-11-25-12-10-23/h1-8,13H,9-12,14H2,(H,22,24). The summed E-state index contributed by atoms with van der Waals surface area (Å²) < 4.78 is 18.8. The molecule has 5 nitrogen and oxygen atoms in total. The van der Waals surface area contributed by atoms with Crippen LogP contribution >= 0.6 is 0 Å². The first-order chi connectivity index (χ1) is 12.2. The maximum absolute atomic E-state index is 13.5. The molecule has 2 aromatic carbocycles. The molecule has 3 rings (SSSR count). The molecule has 0 aliphatic carbocycles. The van der Waals surface area contributed by atoms with E-state index >= 15 is 0 Å². The van der Waals surface area contributed by atoms with Crippen LogP contribution in [0.4, 0.5) is 4.39 Å². The van der Waals surface area contributed by atoms with Crippen molar-refractivity contribution in [3.05, 3.63) is 71.0 Å². The van der Waals surface area contributed by atoms with Crippen LogP contribution in [0.15, 0.2) is 53.6 Å². The van der Waals surface area contributed by atoms with Crippen LogP contribution in [0.3, 0.4) is 0 Å². The minimum Gasteiger partial charge on any atom is -0.379 e. The van der Waals surface area contributed by atoms with Gasteiger partial charge in [-0.1, -0.05) is 30.3 Å². The van der Waals surface area contributed by atoms with Gasteiger partial charge in [-0.2, -0.15) is 5.10 Å². The minimum absolute atomic E-state index is 0.323. The molecule has 0 spiro atoms. The number of carbonyl (C=O) groups is 1. The molecule has 1 aliphatic rings. The third-order valence-electron chi connectivity index (χ3n) is 4.00. The van der Waals surface area contributed by atoms with Gasteiger partial charge < -0.3 is 4.74 Å². The van der Waals surface area contributed by atoms with E-state index in [0.29, 0.717) is 11.1 Å². The van der Waals surface area contributed by atoms with Gasteiger partial charge in [0, 0.05) is 30.8 Å². The third-order valence-corrected chi connectivity index (χ3v) is 4.00. The molecule has 130 valence electrons. The second kappa shape index (κ2) is 8.50. The van der Waals surface area contributed by atoms with Crippen molar-refractivity contribution in [3.63, 3.8) is 0 Å². The molecule has 0 saturated carbocycles. The highest BCUT2D eigenvalue weighted by Crippen LogP contribution is 2.09. The molecule has 2 aromatic rings. The molecular formula is C19H20FN3O2. The lowest BCUT2D eigenvalue weighted by atomic mass is 10.1. The van der Waals surface area contributed by atoms with Crippen molar-refractivity contribution < 1.29 is 13.9 Å². The minimum atomic E-state index is -0.382. The summed E-state index contributed by atoms with van der Waals surface area (Å²) in [5.74, 6) is -0.710. The van der Waals surface area contributed by atoms with Crippen molar-refractivity contribution in [1.29, 1.82) is 0 Å². The highest BCUT2D eigenvalue weighted by Gasteiger charge is 2.11. The first-order valence-electron chi connectivity index (χ1n) is 8.19. The summed E-state index contributed by atoms with van der Waals surface area (Å²) in [7, 11) is 0. The van der Waals surface area contributed by atoms with E-state index in [-0.39, 0.29) is 11.7 Å². The van der Waals surface area contributed by atoms with Crippen molar-refractivity contribution >= 4 is 12.1 Å². The zero-order valence-corrected chi connectivity index (χ0v) is 13.8. The van der Waals surface area contributed by atoms with Crippen molar-refractivity contribution in [3.8, 4) is 0 Å². The lowest BCUT2D eigenvalue weighted by Gasteiger charge is -2.26. The second-order valence-corrected chi connectivity index (χ2v) is 5.81. The second-order valence-electron chi connectivity index (χ2n) is 5.81. The average Bonchev–Trinajstić information content (AvgIpc) is 2.65. The molecule has 1 N–H and O–H groups in total. The number of carbonyl (C=O) groups excluding carboxylic acids is 1. The molecule has 1 heterocycles. The zero-order valence-electron chi connectivity index (χ0n) is 13.8. The van der Waals surface area contributed by atoms with E-state index in [2.05, 4.69) is 15.4 Å². The molecule has 0 bridgehead atoms. The Hall–Kier alpha value is -2.57. The van der Waals surface area contributed by atoms with Gasteiger partial charge in [0.2, 0.25) is 0 Å². The maximum atomic E-state index is 13.5. The first kappa shape index (κ1) is 17.3. The number of rotatable bonds is 5. The molecule has 1 amide bonds. The maximum Gasteiger partial charge on any atom is 0.271 e. The molecule has 1 fully saturated rings. The van der Waals surface area contributed by atoms with E-state index in [0.717, 1.165) is 38.4 Å². The average molecular weight is 341 g/mol. The Bertz CT molecular complexity index is 741. The van der Waals surface area contributed by atoms with Gasteiger partial charge in [0.1, 0.15) is 5.82 Å². The first-order valence-corrected chi connectivity index (χ1v) is 8.19. The van der Waals surface area contributed by atoms with E-state index in [1.165, 1.54) is 12.3 Å². The molecular weight excluding hydrogens is 321 g/mol. The Kier molecular flexibility index (Phi) is 5.87. The van der Waals surface area contributed by atoms with Crippen LogP contribution in [0.25, 0.3) is 0 Å². The summed E-state index contributed by atoms with van der Waals surface area (Å²) in [6.45, 7) is 4.22. The number of hydrazone groups is 1. The quantitative estimate of drug-likeness (QED) is 0.671. The Balaban J connectivity index is 1.54. The molecule has 0 aromatic heterocycles. The van der Waals surface area contributed by atoms with E-state index in [1.54, 1.807) is 30.3 Å². The van der Waals surface area contributed by atoms with Crippen LogP contribution in [0.1, 0.15) is 21.5 Å². The van der Waals surface area contributed by atoms with Gasteiger partial charge in [0.25, 0.3) is 5.91 Å². The Morgan fingerprint density at radius 2 is 1.88 bits per heavy atom. The summed E-state index contributed by atoms with van der Waals surface area (Å²) in [4.78, 5) is 14.4. The molecule has 6 heteroatoms. The Morgan fingerprint density at radius 1 is 1.16 bits per heavy atom. The van der Waals surface area contributed by atoms with Crippen molar-refractivity contribution in [2.75, 3.05) is 26.3 Å². The fraction of sp³-hybridized carbons (Fsp3) is 0.263. The summed E-state index contributed by atoms with van der Waals surface area (Å²) in [6.07, 6.45) is 1.29. The smallest absolute Gasteiger partial charge is 0.271 e. The Morgan fingerprint density at radius 3 is 2.60 bits per heavy atom. The topological polar surface area (TPSA) is 53.9 Å². The number of nitrogens with zero attached hydrogens (tertiary/aromatic N) is 2. The highest BCUT2D eigenvalue weighted by molar-refractivity contribution is 5.94. The van der Waals surface area contributed by atoms with E-state index in [1.807, 2.05) is 12.1 Å². The van der Waals surface area contributed by atoms with Crippen LogP contribution in [-0.4, -0.2) is 43.3 Å². The van der Waals surface area contributed by atoms with Crippen LogP contribution in [0, 0.1) is 5.82 Å². The molecule has 0 radical (unpaired) electrons. The predicted molar refractivity (Wildman–Crippen MR) is 94.0 cm³/mol. The predicted octanol–water partition coefficient (Wildman–Crippen LogP) is 2.42. The lowest BCUT2D eigenvalue weighted by Crippen LogP contribution is -2.35. The van der Waals surface area contributed by atoms with Gasteiger partial charge in [-0.3, -0.25) is 9.69 Å². The number of ether oxygens (including phenoxy) is 1. The molecule has 0 atom stereocenters. The number of morpholine rings is 1. The van der Waals surface area contributed by atoms with Crippen LogP contribution in [0.5, 0.6) is 0 Å². The summed E-state index contributed by atoms with van der Waals surface area (Å²) in [5, 5.41) is 3.81. The fourth-order valence-corrected chi connectivity index (χ4v) is 2.58. The van der Waals surface area contributed by atoms with Gasteiger partial charge in [0.05, 0.1) is 19.4 Å². The highest BCUT2D eigenvalue weighted by atomic mass is 19.1. The summed E-state index contributed by atoms with van der Waals surface area (Å²) >= 11 is 0. The van der Waals surface area contributed by atoms with Gasteiger partial charge >= 0.3 is 0 Å². The van der Waals surface area contributed by atoms with Crippen LogP contribution in [-0.2, 0) is 11.3 Å². The Labute approximate surface area is 146 Å². The van der Waals surface area contributed by atoms with Gasteiger partial charge in [-0.05, 0) is 23.8 Å². The monoisotopic (exact) mass is 341 g/mol. The number of nitrogens with one attached hydrogen (secondary N) is 1. The van der Waals surface area contributed by atoms with Gasteiger partial charge in [0.15, 0.2) is 0 Å². The number of halogens is 1. The molecule has 25 heavy (non-hydrogen) atoms. The largest absolute Gasteiger partial charge is 0.379 e. The van der Waals surface area contributed by atoms with Gasteiger partial charge in [-0.15, -0.1) is 0 Å².